The maximum Gasteiger partial charge on any atom is 0.153 e. The fourth-order valence-corrected chi connectivity index (χ4v) is 3.92. The molecule has 7 heteroatoms. The van der Waals surface area contributed by atoms with E-state index in [0.717, 1.165) is 18.8 Å². The highest BCUT2D eigenvalue weighted by atomic mass is 32.2. The Morgan fingerprint density at radius 1 is 1.55 bits per heavy atom. The molecule has 0 amide bonds. The summed E-state index contributed by atoms with van der Waals surface area (Å²) in [5.41, 5.74) is 0. The minimum atomic E-state index is -2.99. The third-order valence-electron chi connectivity index (χ3n) is 3.40. The molecule has 1 aliphatic rings. The summed E-state index contributed by atoms with van der Waals surface area (Å²) in [6.07, 6.45) is 5.07. The monoisotopic (exact) mass is 299 g/mol. The maximum absolute atomic E-state index is 12.1. The van der Waals surface area contributed by atoms with E-state index in [9.17, 15) is 13.2 Å². The van der Waals surface area contributed by atoms with Crippen LogP contribution in [-0.2, 0) is 27.6 Å². The molecule has 1 atom stereocenters. The number of imidazole rings is 1. The van der Waals surface area contributed by atoms with Gasteiger partial charge < -0.3 is 9.88 Å². The predicted molar refractivity (Wildman–Crippen MR) is 76.3 cm³/mol. The zero-order valence-corrected chi connectivity index (χ0v) is 12.5. The van der Waals surface area contributed by atoms with Crippen LogP contribution in [0.4, 0.5) is 0 Å². The minimum absolute atomic E-state index is 0.0307. The van der Waals surface area contributed by atoms with Crippen molar-refractivity contribution >= 4 is 15.6 Å². The van der Waals surface area contributed by atoms with Crippen molar-refractivity contribution in [2.75, 3.05) is 18.1 Å². The standard InChI is InChI=1S/C13H21N3O3S/c1-2-5-16-6-3-15-13(16)9-12(17)8-11-10-20(18,19)7-4-14-11/h3,6,11,14H,2,4-5,7-10H2,1H3. The Balaban J connectivity index is 1.90. The van der Waals surface area contributed by atoms with E-state index in [2.05, 4.69) is 17.2 Å². The van der Waals surface area contributed by atoms with E-state index in [-0.39, 0.29) is 36.2 Å². The molecule has 0 aliphatic carbocycles. The number of sulfone groups is 1. The van der Waals surface area contributed by atoms with Crippen LogP contribution in [0.3, 0.4) is 0 Å². The van der Waals surface area contributed by atoms with Gasteiger partial charge in [-0.05, 0) is 6.42 Å². The Labute approximate surface area is 119 Å². The van der Waals surface area contributed by atoms with Crippen molar-refractivity contribution < 1.29 is 13.2 Å². The van der Waals surface area contributed by atoms with Crippen LogP contribution >= 0.6 is 0 Å². The molecule has 1 aliphatic heterocycles. The van der Waals surface area contributed by atoms with Crippen molar-refractivity contribution in [2.24, 2.45) is 0 Å². The second kappa shape index (κ2) is 6.49. The highest BCUT2D eigenvalue weighted by Crippen LogP contribution is 2.08. The summed E-state index contributed by atoms with van der Waals surface area (Å²) in [5, 5.41) is 3.10. The minimum Gasteiger partial charge on any atom is -0.335 e. The molecule has 0 saturated carbocycles. The molecule has 6 nitrogen and oxygen atoms in total. The molecule has 1 unspecified atom stereocenters. The van der Waals surface area contributed by atoms with Gasteiger partial charge in [0.25, 0.3) is 0 Å². The fourth-order valence-electron chi connectivity index (χ4n) is 2.47. The topological polar surface area (TPSA) is 81.1 Å². The Morgan fingerprint density at radius 3 is 3.05 bits per heavy atom. The summed E-state index contributed by atoms with van der Waals surface area (Å²) in [6, 6.07) is -0.254. The average molecular weight is 299 g/mol. The first-order valence-corrected chi connectivity index (χ1v) is 8.78. The third-order valence-corrected chi connectivity index (χ3v) is 5.13. The second-order valence-corrected chi connectivity index (χ2v) is 7.45. The lowest BCUT2D eigenvalue weighted by molar-refractivity contribution is -0.118. The molecule has 112 valence electrons. The van der Waals surface area contributed by atoms with Gasteiger partial charge >= 0.3 is 0 Å². The first-order chi connectivity index (χ1) is 9.50. The molecular weight excluding hydrogens is 278 g/mol. The van der Waals surface area contributed by atoms with Gasteiger partial charge in [-0.25, -0.2) is 13.4 Å². The number of nitrogens with one attached hydrogen (secondary N) is 1. The zero-order valence-electron chi connectivity index (χ0n) is 11.7. The summed E-state index contributed by atoms with van der Waals surface area (Å²) >= 11 is 0. The summed E-state index contributed by atoms with van der Waals surface area (Å²) < 4.78 is 25.0. The van der Waals surface area contributed by atoms with Crippen LogP contribution in [0.15, 0.2) is 12.4 Å². The van der Waals surface area contributed by atoms with Gasteiger partial charge in [0.2, 0.25) is 0 Å². The summed E-state index contributed by atoms with van der Waals surface area (Å²) in [6.45, 7) is 3.35. The van der Waals surface area contributed by atoms with Crippen molar-refractivity contribution in [3.63, 3.8) is 0 Å². The van der Waals surface area contributed by atoms with E-state index in [1.165, 1.54) is 0 Å². The lowest BCUT2D eigenvalue weighted by atomic mass is 10.1. The van der Waals surface area contributed by atoms with Crippen LogP contribution in [0, 0.1) is 0 Å². The zero-order chi connectivity index (χ0) is 14.6. The van der Waals surface area contributed by atoms with Crippen LogP contribution in [0.1, 0.15) is 25.6 Å². The van der Waals surface area contributed by atoms with E-state index < -0.39 is 9.84 Å². The highest BCUT2D eigenvalue weighted by Gasteiger charge is 2.26. The van der Waals surface area contributed by atoms with E-state index in [1.54, 1.807) is 6.20 Å². The number of aryl methyl sites for hydroxylation is 1. The number of Topliss-reactive ketones (excluding diaryl/α,β-unsaturated/α-hetero) is 1. The number of rotatable bonds is 6. The highest BCUT2D eigenvalue weighted by molar-refractivity contribution is 7.91. The smallest absolute Gasteiger partial charge is 0.153 e. The van der Waals surface area contributed by atoms with Gasteiger partial charge in [0.05, 0.1) is 17.9 Å². The lowest BCUT2D eigenvalue weighted by Crippen LogP contribution is -2.46. The first kappa shape index (κ1) is 15.2. The normalized spacial score (nSPS) is 21.8. The van der Waals surface area contributed by atoms with E-state index >= 15 is 0 Å². The molecule has 0 bridgehead atoms. The summed E-state index contributed by atoms with van der Waals surface area (Å²) in [5.74, 6) is 1.01. The Kier molecular flexibility index (Phi) is 4.93. The molecule has 1 saturated heterocycles. The number of carbonyl (C=O) groups excluding carboxylic acids is 1. The van der Waals surface area contributed by atoms with Crippen LogP contribution in [0.5, 0.6) is 0 Å². The van der Waals surface area contributed by atoms with Crippen molar-refractivity contribution in [1.29, 1.82) is 0 Å². The predicted octanol–water partition coefficient (Wildman–Crippen LogP) is 0.181. The molecule has 2 heterocycles. The number of ketones is 1. The van der Waals surface area contributed by atoms with Gasteiger partial charge in [-0.15, -0.1) is 0 Å². The molecule has 0 spiro atoms. The molecular formula is C13H21N3O3S. The van der Waals surface area contributed by atoms with Crippen molar-refractivity contribution in [3.05, 3.63) is 18.2 Å². The SMILES string of the molecule is CCCn1ccnc1CC(=O)CC1CS(=O)(=O)CCN1. The second-order valence-electron chi connectivity index (χ2n) is 5.22. The molecule has 1 N–H and O–H groups in total. The van der Waals surface area contributed by atoms with Gasteiger partial charge in [-0.3, -0.25) is 4.79 Å². The van der Waals surface area contributed by atoms with E-state index in [1.807, 2.05) is 10.8 Å². The van der Waals surface area contributed by atoms with Crippen molar-refractivity contribution in [1.82, 2.24) is 14.9 Å². The van der Waals surface area contributed by atoms with Gasteiger partial charge in [0.1, 0.15) is 11.6 Å². The maximum atomic E-state index is 12.1. The number of aromatic nitrogens is 2. The fraction of sp³-hybridized carbons (Fsp3) is 0.692. The Bertz CT molecular complexity index is 565. The van der Waals surface area contributed by atoms with Crippen LogP contribution in [-0.4, -0.2) is 47.8 Å². The number of carbonyl (C=O) groups is 1. The Morgan fingerprint density at radius 2 is 2.35 bits per heavy atom. The van der Waals surface area contributed by atoms with Crippen molar-refractivity contribution in [2.45, 2.75) is 38.8 Å². The van der Waals surface area contributed by atoms with Gasteiger partial charge in [0.15, 0.2) is 9.84 Å². The quantitative estimate of drug-likeness (QED) is 0.810. The van der Waals surface area contributed by atoms with Crippen molar-refractivity contribution in [3.8, 4) is 0 Å². The molecule has 0 radical (unpaired) electrons. The molecule has 2 rings (SSSR count). The third kappa shape index (κ3) is 4.14. The van der Waals surface area contributed by atoms with Crippen LogP contribution in [0.2, 0.25) is 0 Å². The number of hydrogen-bond acceptors (Lipinski definition) is 5. The van der Waals surface area contributed by atoms with Crippen LogP contribution < -0.4 is 5.32 Å². The molecule has 20 heavy (non-hydrogen) atoms. The molecule has 1 fully saturated rings. The van der Waals surface area contributed by atoms with E-state index in [0.29, 0.717) is 6.54 Å². The Hall–Kier alpha value is -1.21. The lowest BCUT2D eigenvalue weighted by Gasteiger charge is -2.22. The summed E-state index contributed by atoms with van der Waals surface area (Å²) in [4.78, 5) is 16.3. The van der Waals surface area contributed by atoms with Gasteiger partial charge in [-0.1, -0.05) is 6.92 Å². The first-order valence-electron chi connectivity index (χ1n) is 6.95. The molecule has 1 aromatic rings. The van der Waals surface area contributed by atoms with E-state index in [4.69, 9.17) is 0 Å². The summed E-state index contributed by atoms with van der Waals surface area (Å²) in [7, 11) is -2.99. The molecule has 1 aromatic heterocycles. The largest absolute Gasteiger partial charge is 0.335 e. The van der Waals surface area contributed by atoms with Gasteiger partial charge in [0, 0.05) is 37.9 Å². The number of hydrogen-bond donors (Lipinski definition) is 1. The molecule has 0 aromatic carbocycles. The number of nitrogens with zero attached hydrogens (tertiary/aromatic N) is 2. The van der Waals surface area contributed by atoms with Crippen LogP contribution in [0.25, 0.3) is 0 Å². The van der Waals surface area contributed by atoms with Gasteiger partial charge in [-0.2, -0.15) is 0 Å². The average Bonchev–Trinajstić information content (AvgIpc) is 2.75.